The van der Waals surface area contributed by atoms with Crippen molar-refractivity contribution in [1.82, 2.24) is 4.90 Å². The number of nitrogens with two attached hydrogens (primary N) is 1. The number of carbonyl (C=O) groups is 1. The van der Waals surface area contributed by atoms with E-state index in [1.165, 1.54) is 0 Å². The molecule has 1 rings (SSSR count). The third-order valence-electron chi connectivity index (χ3n) is 3.06. The summed E-state index contributed by atoms with van der Waals surface area (Å²) in [4.78, 5) is 13.2. The molecule has 1 aromatic carbocycles. The van der Waals surface area contributed by atoms with Gasteiger partial charge in [-0.2, -0.15) is 0 Å². The lowest BCUT2D eigenvalue weighted by Crippen LogP contribution is -2.23. The molecular formula is C14H22N2O2. The summed E-state index contributed by atoms with van der Waals surface area (Å²) < 4.78 is 5.20. The Morgan fingerprint density at radius 2 is 2.17 bits per heavy atom. The van der Waals surface area contributed by atoms with Crippen LogP contribution in [-0.4, -0.2) is 38.6 Å². The summed E-state index contributed by atoms with van der Waals surface area (Å²) in [7, 11) is 5.18. The maximum Gasteiger partial charge on any atom is 0.222 e. The number of carbonyl (C=O) groups excluding carboxylic acids is 1. The van der Waals surface area contributed by atoms with E-state index in [0.717, 1.165) is 17.7 Å². The van der Waals surface area contributed by atoms with Gasteiger partial charge in [0.25, 0.3) is 0 Å². The Bertz CT molecular complexity index is 391. The van der Waals surface area contributed by atoms with Crippen molar-refractivity contribution < 1.29 is 9.53 Å². The molecule has 0 spiro atoms. The molecule has 1 amide bonds. The quantitative estimate of drug-likeness (QED) is 0.834. The molecule has 100 valence electrons. The molecule has 1 atom stereocenters. The second-order valence-corrected chi connectivity index (χ2v) is 4.54. The Morgan fingerprint density at radius 3 is 2.72 bits per heavy atom. The highest BCUT2D eigenvalue weighted by Crippen LogP contribution is 2.24. The molecular weight excluding hydrogens is 228 g/mol. The lowest BCUT2D eigenvalue weighted by atomic mass is 9.94. The Morgan fingerprint density at radius 1 is 1.44 bits per heavy atom. The first-order chi connectivity index (χ1) is 8.58. The first-order valence-electron chi connectivity index (χ1n) is 6.12. The summed E-state index contributed by atoms with van der Waals surface area (Å²) >= 11 is 0. The molecule has 0 bridgehead atoms. The molecule has 4 heteroatoms. The molecule has 0 heterocycles. The van der Waals surface area contributed by atoms with Gasteiger partial charge >= 0.3 is 0 Å². The lowest BCUT2D eigenvalue weighted by Gasteiger charge is -2.17. The first-order valence-corrected chi connectivity index (χ1v) is 6.12. The SMILES string of the molecule is COc1cccc(C(CN)CCC(=O)N(C)C)c1. The molecule has 0 saturated carbocycles. The van der Waals surface area contributed by atoms with Crippen LogP contribution >= 0.6 is 0 Å². The van der Waals surface area contributed by atoms with Crippen molar-refractivity contribution in [2.45, 2.75) is 18.8 Å². The zero-order valence-electron chi connectivity index (χ0n) is 11.3. The van der Waals surface area contributed by atoms with E-state index < -0.39 is 0 Å². The van der Waals surface area contributed by atoms with E-state index in [4.69, 9.17) is 10.5 Å². The summed E-state index contributed by atoms with van der Waals surface area (Å²) in [6.07, 6.45) is 1.28. The van der Waals surface area contributed by atoms with Crippen molar-refractivity contribution in [2.24, 2.45) is 5.73 Å². The second-order valence-electron chi connectivity index (χ2n) is 4.54. The van der Waals surface area contributed by atoms with Crippen molar-refractivity contribution in [3.05, 3.63) is 29.8 Å². The van der Waals surface area contributed by atoms with Gasteiger partial charge < -0.3 is 15.4 Å². The van der Waals surface area contributed by atoms with E-state index in [1.54, 1.807) is 26.1 Å². The van der Waals surface area contributed by atoms with Gasteiger partial charge in [0.15, 0.2) is 0 Å². The fraction of sp³-hybridized carbons (Fsp3) is 0.500. The topological polar surface area (TPSA) is 55.6 Å². The fourth-order valence-electron chi connectivity index (χ4n) is 1.84. The van der Waals surface area contributed by atoms with Gasteiger partial charge in [0.05, 0.1) is 7.11 Å². The first kappa shape index (κ1) is 14.5. The Labute approximate surface area is 109 Å². The van der Waals surface area contributed by atoms with E-state index in [1.807, 2.05) is 24.3 Å². The van der Waals surface area contributed by atoms with Crippen molar-refractivity contribution in [2.75, 3.05) is 27.7 Å². The zero-order chi connectivity index (χ0) is 13.5. The number of rotatable bonds is 6. The monoisotopic (exact) mass is 250 g/mol. The van der Waals surface area contributed by atoms with Crippen LogP contribution in [0.3, 0.4) is 0 Å². The molecule has 1 aromatic rings. The van der Waals surface area contributed by atoms with Crippen LogP contribution in [0.25, 0.3) is 0 Å². The van der Waals surface area contributed by atoms with E-state index in [0.29, 0.717) is 13.0 Å². The highest BCUT2D eigenvalue weighted by molar-refractivity contribution is 5.75. The standard InChI is InChI=1S/C14H22N2O2/c1-16(2)14(17)8-7-12(10-15)11-5-4-6-13(9-11)18-3/h4-6,9,12H,7-8,10,15H2,1-3H3. The minimum atomic E-state index is 0.136. The molecule has 0 fully saturated rings. The molecule has 4 nitrogen and oxygen atoms in total. The smallest absolute Gasteiger partial charge is 0.222 e. The van der Waals surface area contributed by atoms with Gasteiger partial charge in [-0.25, -0.2) is 0 Å². The van der Waals surface area contributed by atoms with Crippen LogP contribution in [0.2, 0.25) is 0 Å². The van der Waals surface area contributed by atoms with Crippen LogP contribution in [0, 0.1) is 0 Å². The highest BCUT2D eigenvalue weighted by atomic mass is 16.5. The average molecular weight is 250 g/mol. The second kappa shape index (κ2) is 7.01. The van der Waals surface area contributed by atoms with Gasteiger partial charge in [0.1, 0.15) is 5.75 Å². The number of hydrogen-bond donors (Lipinski definition) is 1. The number of ether oxygens (including phenoxy) is 1. The summed E-state index contributed by atoms with van der Waals surface area (Å²) in [6, 6.07) is 7.87. The minimum absolute atomic E-state index is 0.136. The molecule has 0 radical (unpaired) electrons. The fourth-order valence-corrected chi connectivity index (χ4v) is 1.84. The van der Waals surface area contributed by atoms with Crippen LogP contribution in [0.1, 0.15) is 24.3 Å². The summed E-state index contributed by atoms with van der Waals surface area (Å²) in [5.41, 5.74) is 6.92. The van der Waals surface area contributed by atoms with Crippen molar-refractivity contribution in [1.29, 1.82) is 0 Å². The van der Waals surface area contributed by atoms with Crippen LogP contribution in [-0.2, 0) is 4.79 Å². The van der Waals surface area contributed by atoms with E-state index in [2.05, 4.69) is 0 Å². The van der Waals surface area contributed by atoms with E-state index in [9.17, 15) is 4.79 Å². The van der Waals surface area contributed by atoms with Crippen LogP contribution < -0.4 is 10.5 Å². The van der Waals surface area contributed by atoms with Crippen LogP contribution in [0.5, 0.6) is 5.75 Å². The summed E-state index contributed by atoms with van der Waals surface area (Å²) in [5.74, 6) is 1.16. The molecule has 0 aliphatic heterocycles. The van der Waals surface area contributed by atoms with Crippen molar-refractivity contribution >= 4 is 5.91 Å². The Hall–Kier alpha value is -1.55. The maximum atomic E-state index is 11.6. The predicted octanol–water partition coefficient (Wildman–Crippen LogP) is 1.61. The highest BCUT2D eigenvalue weighted by Gasteiger charge is 2.13. The van der Waals surface area contributed by atoms with Crippen LogP contribution in [0.4, 0.5) is 0 Å². The maximum absolute atomic E-state index is 11.6. The minimum Gasteiger partial charge on any atom is -0.497 e. The predicted molar refractivity (Wildman–Crippen MR) is 72.7 cm³/mol. The Kier molecular flexibility index (Phi) is 5.65. The van der Waals surface area contributed by atoms with E-state index in [-0.39, 0.29) is 11.8 Å². The Balaban J connectivity index is 2.67. The molecule has 2 N–H and O–H groups in total. The number of benzene rings is 1. The summed E-state index contributed by atoms with van der Waals surface area (Å²) in [6.45, 7) is 0.536. The molecule has 0 aromatic heterocycles. The van der Waals surface area contributed by atoms with Gasteiger partial charge in [-0.05, 0) is 36.6 Å². The number of methoxy groups -OCH3 is 1. The number of hydrogen-bond acceptors (Lipinski definition) is 3. The third-order valence-corrected chi connectivity index (χ3v) is 3.06. The summed E-state index contributed by atoms with van der Waals surface area (Å²) in [5, 5.41) is 0. The molecule has 0 saturated heterocycles. The normalized spacial score (nSPS) is 12.0. The molecule has 18 heavy (non-hydrogen) atoms. The number of nitrogens with zero attached hydrogens (tertiary/aromatic N) is 1. The van der Waals surface area contributed by atoms with E-state index >= 15 is 0 Å². The lowest BCUT2D eigenvalue weighted by molar-refractivity contribution is -0.128. The average Bonchev–Trinajstić information content (AvgIpc) is 2.39. The van der Waals surface area contributed by atoms with Crippen molar-refractivity contribution in [3.63, 3.8) is 0 Å². The van der Waals surface area contributed by atoms with Crippen molar-refractivity contribution in [3.8, 4) is 5.75 Å². The third kappa shape index (κ3) is 4.04. The van der Waals surface area contributed by atoms with Gasteiger partial charge in [0, 0.05) is 20.5 Å². The molecule has 0 aliphatic rings. The van der Waals surface area contributed by atoms with Gasteiger partial charge in [-0.3, -0.25) is 4.79 Å². The zero-order valence-corrected chi connectivity index (χ0v) is 11.3. The molecule has 1 unspecified atom stereocenters. The van der Waals surface area contributed by atoms with Gasteiger partial charge in [-0.15, -0.1) is 0 Å². The van der Waals surface area contributed by atoms with Crippen LogP contribution in [0.15, 0.2) is 24.3 Å². The number of amides is 1. The van der Waals surface area contributed by atoms with Gasteiger partial charge in [-0.1, -0.05) is 12.1 Å². The molecule has 0 aliphatic carbocycles. The largest absolute Gasteiger partial charge is 0.497 e. The van der Waals surface area contributed by atoms with Gasteiger partial charge in [0.2, 0.25) is 5.91 Å².